The minimum absolute atomic E-state index is 0.0683. The van der Waals surface area contributed by atoms with Gasteiger partial charge >= 0.3 is 0 Å². The van der Waals surface area contributed by atoms with Crippen LogP contribution in [0.4, 0.5) is 8.78 Å². The van der Waals surface area contributed by atoms with Crippen molar-refractivity contribution in [2.75, 3.05) is 13.1 Å². The molecule has 5 nitrogen and oxygen atoms in total. The number of aliphatic imine (C=N–C) groups is 1. The average Bonchev–Trinajstić information content (AvgIpc) is 2.54. The van der Waals surface area contributed by atoms with Gasteiger partial charge in [0.1, 0.15) is 5.84 Å². The quantitative estimate of drug-likeness (QED) is 0.457. The Balaban J connectivity index is 1.48. The maximum absolute atomic E-state index is 13.8. The number of rotatable bonds is 3. The highest BCUT2D eigenvalue weighted by atomic mass is 19.3. The Bertz CT molecular complexity index is 616. The van der Waals surface area contributed by atoms with Crippen LogP contribution >= 0.6 is 0 Å². The molecular weight excluding hydrogens is 338 g/mol. The zero-order valence-electron chi connectivity index (χ0n) is 15.3. The Labute approximate surface area is 153 Å². The molecule has 1 aliphatic heterocycles. The molecule has 4 aliphatic carbocycles. The molecule has 0 aromatic rings. The van der Waals surface area contributed by atoms with E-state index in [1.807, 2.05) is 13.1 Å². The Morgan fingerprint density at radius 2 is 2.00 bits per heavy atom. The number of halogens is 2. The molecule has 0 amide bonds. The summed E-state index contributed by atoms with van der Waals surface area (Å²) in [6, 6.07) is -0.146. The first-order chi connectivity index (χ1) is 12.3. The van der Waals surface area contributed by atoms with Crippen LogP contribution in [0, 0.1) is 29.2 Å². The van der Waals surface area contributed by atoms with Gasteiger partial charge in [0, 0.05) is 12.5 Å². The maximum Gasteiger partial charge on any atom is 0.260 e. The molecule has 1 heterocycles. The zero-order valence-corrected chi connectivity index (χ0v) is 15.3. The summed E-state index contributed by atoms with van der Waals surface area (Å²) in [5.74, 6) is -0.800. The molecule has 7 heteroatoms. The summed E-state index contributed by atoms with van der Waals surface area (Å²) in [5.41, 5.74) is -0.512. The SMILES string of the molecule is CC(/C(=N\C#N)NC1C2CC3CC1CC(O)(C3)C2)N1CCCC(F)(F)C1. The standard InChI is InChI=1S/C19H28F2N4O/c1-12(25-4-2-3-19(20,21)10-25)17(23-11-22)24-16-14-5-13-6-15(16)9-18(26,7-13)8-14/h12-16,26H,2-10H2,1H3,(H,23,24). The predicted octanol–water partition coefficient (Wildman–Crippen LogP) is 2.51. The van der Waals surface area contributed by atoms with Crippen molar-refractivity contribution in [2.24, 2.45) is 22.7 Å². The van der Waals surface area contributed by atoms with Crippen molar-refractivity contribution in [2.45, 2.75) is 75.5 Å². The number of piperidine rings is 1. The van der Waals surface area contributed by atoms with E-state index in [1.54, 1.807) is 4.90 Å². The van der Waals surface area contributed by atoms with Crippen molar-refractivity contribution in [1.29, 1.82) is 5.26 Å². The van der Waals surface area contributed by atoms with Gasteiger partial charge in [-0.05, 0) is 69.7 Å². The summed E-state index contributed by atoms with van der Waals surface area (Å²) in [6.07, 6.45) is 6.97. The summed E-state index contributed by atoms with van der Waals surface area (Å²) in [4.78, 5) is 5.71. The van der Waals surface area contributed by atoms with Crippen molar-refractivity contribution >= 4 is 5.84 Å². The highest BCUT2D eigenvalue weighted by Gasteiger charge is 2.55. The van der Waals surface area contributed by atoms with E-state index in [0.717, 1.165) is 32.1 Å². The first kappa shape index (κ1) is 18.1. The van der Waals surface area contributed by atoms with E-state index >= 15 is 0 Å². The smallest absolute Gasteiger partial charge is 0.260 e. The second kappa shape index (κ2) is 6.42. The normalized spacial score (nSPS) is 43.1. The third kappa shape index (κ3) is 3.34. The number of likely N-dealkylation sites (tertiary alicyclic amines) is 1. The Morgan fingerprint density at radius 3 is 2.58 bits per heavy atom. The molecule has 4 saturated carbocycles. The summed E-state index contributed by atoms with van der Waals surface area (Å²) < 4.78 is 27.6. The molecular formula is C19H28F2N4O. The predicted molar refractivity (Wildman–Crippen MR) is 93.7 cm³/mol. The van der Waals surface area contributed by atoms with Gasteiger partial charge < -0.3 is 10.4 Å². The lowest BCUT2D eigenvalue weighted by atomic mass is 9.52. The maximum atomic E-state index is 13.8. The van der Waals surface area contributed by atoms with E-state index in [9.17, 15) is 13.9 Å². The molecule has 0 spiro atoms. The Morgan fingerprint density at radius 1 is 1.31 bits per heavy atom. The van der Waals surface area contributed by atoms with Gasteiger partial charge in [-0.2, -0.15) is 10.3 Å². The van der Waals surface area contributed by atoms with Crippen molar-refractivity contribution in [3.63, 3.8) is 0 Å². The molecule has 144 valence electrons. The molecule has 5 aliphatic rings. The summed E-state index contributed by atoms with van der Waals surface area (Å²) in [5, 5.41) is 23.3. The number of alkyl halides is 2. The highest BCUT2D eigenvalue weighted by molar-refractivity contribution is 5.88. The van der Waals surface area contributed by atoms with Gasteiger partial charge in [-0.1, -0.05) is 0 Å². The molecule has 3 unspecified atom stereocenters. The molecule has 1 saturated heterocycles. The second-order valence-electron chi connectivity index (χ2n) is 9.07. The van der Waals surface area contributed by atoms with Crippen LogP contribution in [0.1, 0.15) is 51.9 Å². The fourth-order valence-corrected chi connectivity index (χ4v) is 6.19. The Kier molecular flexibility index (Phi) is 4.47. The second-order valence-corrected chi connectivity index (χ2v) is 9.07. The number of amidine groups is 1. The fraction of sp³-hybridized carbons (Fsp3) is 0.895. The van der Waals surface area contributed by atoms with Crippen LogP contribution in [0.2, 0.25) is 0 Å². The van der Waals surface area contributed by atoms with Crippen molar-refractivity contribution in [3.05, 3.63) is 0 Å². The number of nitriles is 1. The van der Waals surface area contributed by atoms with Gasteiger partial charge in [0.2, 0.25) is 6.19 Å². The Hall–Kier alpha value is -1.26. The van der Waals surface area contributed by atoms with E-state index in [2.05, 4.69) is 10.3 Å². The highest BCUT2D eigenvalue weighted by Crippen LogP contribution is 2.55. The van der Waals surface area contributed by atoms with Crippen LogP contribution in [-0.2, 0) is 0 Å². The van der Waals surface area contributed by atoms with Crippen LogP contribution in [0.15, 0.2) is 4.99 Å². The van der Waals surface area contributed by atoms with E-state index < -0.39 is 11.5 Å². The van der Waals surface area contributed by atoms with E-state index in [-0.39, 0.29) is 25.0 Å². The van der Waals surface area contributed by atoms with Crippen LogP contribution in [0.25, 0.3) is 0 Å². The average molecular weight is 366 g/mol. The van der Waals surface area contributed by atoms with Crippen molar-refractivity contribution in [3.8, 4) is 6.19 Å². The van der Waals surface area contributed by atoms with Gasteiger partial charge in [-0.3, -0.25) is 4.90 Å². The lowest BCUT2D eigenvalue weighted by molar-refractivity contribution is -0.136. The van der Waals surface area contributed by atoms with E-state index in [1.165, 1.54) is 0 Å². The van der Waals surface area contributed by atoms with Gasteiger partial charge in [-0.15, -0.1) is 0 Å². The van der Waals surface area contributed by atoms with Crippen LogP contribution in [0.3, 0.4) is 0 Å². The molecule has 0 aromatic carbocycles. The summed E-state index contributed by atoms with van der Waals surface area (Å²) in [6.45, 7) is 2.18. The molecule has 5 fully saturated rings. The number of hydrogen-bond acceptors (Lipinski definition) is 4. The van der Waals surface area contributed by atoms with Crippen LogP contribution < -0.4 is 5.32 Å². The minimum Gasteiger partial charge on any atom is -0.390 e. The first-order valence-electron chi connectivity index (χ1n) is 9.86. The molecule has 0 aromatic heterocycles. The molecule has 3 atom stereocenters. The van der Waals surface area contributed by atoms with Crippen LogP contribution in [-0.4, -0.2) is 52.5 Å². The third-order valence-corrected chi connectivity index (χ3v) is 7.09. The van der Waals surface area contributed by atoms with Crippen LogP contribution in [0.5, 0.6) is 0 Å². The number of nitrogens with one attached hydrogen (secondary N) is 1. The van der Waals surface area contributed by atoms with Crippen molar-refractivity contribution < 1.29 is 13.9 Å². The largest absolute Gasteiger partial charge is 0.390 e. The topological polar surface area (TPSA) is 71.6 Å². The van der Waals surface area contributed by atoms with Gasteiger partial charge in [-0.25, -0.2) is 8.78 Å². The number of aliphatic hydroxyl groups is 1. The molecule has 26 heavy (non-hydrogen) atoms. The lowest BCUT2D eigenvalue weighted by Gasteiger charge is -2.58. The zero-order chi connectivity index (χ0) is 18.5. The molecule has 4 bridgehead atoms. The summed E-state index contributed by atoms with van der Waals surface area (Å²) in [7, 11) is 0. The summed E-state index contributed by atoms with van der Waals surface area (Å²) >= 11 is 0. The van der Waals surface area contributed by atoms with E-state index in [4.69, 9.17) is 5.26 Å². The first-order valence-corrected chi connectivity index (χ1v) is 9.86. The fourth-order valence-electron chi connectivity index (χ4n) is 6.19. The van der Waals surface area contributed by atoms with Gasteiger partial charge in [0.25, 0.3) is 5.92 Å². The van der Waals surface area contributed by atoms with Gasteiger partial charge in [0.15, 0.2) is 0 Å². The monoisotopic (exact) mass is 366 g/mol. The number of nitrogens with zero attached hydrogens (tertiary/aromatic N) is 3. The lowest BCUT2D eigenvalue weighted by Crippen LogP contribution is -2.63. The van der Waals surface area contributed by atoms with E-state index in [0.29, 0.717) is 36.6 Å². The minimum atomic E-state index is -2.67. The van der Waals surface area contributed by atoms with Gasteiger partial charge in [0.05, 0.1) is 18.2 Å². The molecule has 0 radical (unpaired) electrons. The molecule has 5 rings (SSSR count). The third-order valence-electron chi connectivity index (χ3n) is 7.09. The number of hydrogen-bond donors (Lipinski definition) is 2. The molecule has 2 N–H and O–H groups in total. The van der Waals surface area contributed by atoms with Crippen molar-refractivity contribution in [1.82, 2.24) is 10.2 Å².